The molecule has 0 atom stereocenters. The number of aromatic nitrogens is 6. The van der Waals surface area contributed by atoms with Gasteiger partial charge in [0.2, 0.25) is 5.89 Å². The zero-order chi connectivity index (χ0) is 15.6. The molecule has 4 heterocycles. The second-order valence-electron chi connectivity index (χ2n) is 5.68. The van der Waals surface area contributed by atoms with Crippen molar-refractivity contribution < 1.29 is 4.52 Å². The third kappa shape index (κ3) is 3.00. The van der Waals surface area contributed by atoms with E-state index in [1.165, 1.54) is 0 Å². The van der Waals surface area contributed by atoms with Crippen molar-refractivity contribution in [1.29, 1.82) is 0 Å². The zero-order valence-corrected chi connectivity index (χ0v) is 13.0. The van der Waals surface area contributed by atoms with Crippen LogP contribution in [0.5, 0.6) is 0 Å². The van der Waals surface area contributed by atoms with Gasteiger partial charge < -0.3 is 9.42 Å². The van der Waals surface area contributed by atoms with E-state index in [9.17, 15) is 0 Å². The molecule has 0 aliphatic carbocycles. The largest absolute Gasteiger partial charge is 0.354 e. The molecular formula is C14H18N8O. The summed E-state index contributed by atoms with van der Waals surface area (Å²) in [7, 11) is 0. The van der Waals surface area contributed by atoms with E-state index >= 15 is 0 Å². The number of rotatable bonds is 3. The molecule has 3 aromatic heterocycles. The van der Waals surface area contributed by atoms with Gasteiger partial charge in [0.15, 0.2) is 11.5 Å². The Kier molecular flexibility index (Phi) is 3.62. The van der Waals surface area contributed by atoms with Crippen molar-refractivity contribution in [1.82, 2.24) is 34.9 Å². The first-order chi connectivity index (χ1) is 11.3. The predicted octanol–water partition coefficient (Wildman–Crippen LogP) is 0.528. The minimum Gasteiger partial charge on any atom is -0.354 e. The molecule has 23 heavy (non-hydrogen) atoms. The quantitative estimate of drug-likeness (QED) is 0.691. The molecule has 1 aliphatic heterocycles. The highest BCUT2D eigenvalue weighted by atomic mass is 16.5. The van der Waals surface area contributed by atoms with Gasteiger partial charge in [0, 0.05) is 26.2 Å². The molecular weight excluding hydrogens is 296 g/mol. The first-order valence-corrected chi connectivity index (χ1v) is 7.71. The van der Waals surface area contributed by atoms with Crippen LogP contribution in [-0.2, 0) is 6.54 Å². The molecule has 4 rings (SSSR count). The average molecular weight is 314 g/mol. The monoisotopic (exact) mass is 314 g/mol. The SMILES string of the molecule is Cc1noc(CN2CCCN(c3ccc4nncn4n3)CC2)n1. The Morgan fingerprint density at radius 1 is 1.17 bits per heavy atom. The zero-order valence-electron chi connectivity index (χ0n) is 13.0. The van der Waals surface area contributed by atoms with Crippen molar-refractivity contribution in [2.75, 3.05) is 31.1 Å². The van der Waals surface area contributed by atoms with Crippen molar-refractivity contribution in [3.63, 3.8) is 0 Å². The van der Waals surface area contributed by atoms with Gasteiger partial charge in [0.1, 0.15) is 12.1 Å². The van der Waals surface area contributed by atoms with E-state index in [0.29, 0.717) is 18.3 Å². The highest BCUT2D eigenvalue weighted by Gasteiger charge is 2.18. The van der Waals surface area contributed by atoms with Gasteiger partial charge >= 0.3 is 0 Å². The number of hydrogen-bond donors (Lipinski definition) is 0. The lowest BCUT2D eigenvalue weighted by Gasteiger charge is -2.21. The van der Waals surface area contributed by atoms with E-state index < -0.39 is 0 Å². The van der Waals surface area contributed by atoms with Crippen LogP contribution in [-0.4, -0.2) is 61.0 Å². The molecule has 0 amide bonds. The summed E-state index contributed by atoms with van der Waals surface area (Å²) in [6.45, 7) is 6.36. The van der Waals surface area contributed by atoms with Gasteiger partial charge in [0.05, 0.1) is 6.54 Å². The van der Waals surface area contributed by atoms with Crippen LogP contribution in [0.4, 0.5) is 5.82 Å². The van der Waals surface area contributed by atoms with Gasteiger partial charge in [-0.15, -0.1) is 15.3 Å². The maximum Gasteiger partial charge on any atom is 0.240 e. The Hall–Kier alpha value is -2.55. The second-order valence-corrected chi connectivity index (χ2v) is 5.68. The molecule has 120 valence electrons. The summed E-state index contributed by atoms with van der Waals surface area (Å²) in [5.74, 6) is 2.32. The minimum atomic E-state index is 0.681. The third-order valence-electron chi connectivity index (χ3n) is 3.99. The van der Waals surface area contributed by atoms with Crippen LogP contribution in [0.15, 0.2) is 23.0 Å². The fourth-order valence-corrected chi connectivity index (χ4v) is 2.84. The summed E-state index contributed by atoms with van der Waals surface area (Å²) in [4.78, 5) is 8.91. The lowest BCUT2D eigenvalue weighted by Crippen LogP contribution is -2.31. The van der Waals surface area contributed by atoms with Gasteiger partial charge in [-0.3, -0.25) is 4.90 Å². The summed E-state index contributed by atoms with van der Waals surface area (Å²) >= 11 is 0. The first-order valence-electron chi connectivity index (χ1n) is 7.71. The van der Waals surface area contributed by atoms with Crippen molar-refractivity contribution in [2.24, 2.45) is 0 Å². The molecule has 1 saturated heterocycles. The maximum absolute atomic E-state index is 5.21. The number of hydrogen-bond acceptors (Lipinski definition) is 8. The van der Waals surface area contributed by atoms with Crippen LogP contribution >= 0.6 is 0 Å². The van der Waals surface area contributed by atoms with Gasteiger partial charge in [-0.05, 0) is 25.5 Å². The van der Waals surface area contributed by atoms with Gasteiger partial charge in [0.25, 0.3) is 0 Å². The first kappa shape index (κ1) is 14.1. The smallest absolute Gasteiger partial charge is 0.240 e. The maximum atomic E-state index is 5.21. The molecule has 1 aliphatic rings. The van der Waals surface area contributed by atoms with E-state index in [1.54, 1.807) is 10.8 Å². The molecule has 0 unspecified atom stereocenters. The van der Waals surface area contributed by atoms with E-state index in [1.807, 2.05) is 19.1 Å². The van der Waals surface area contributed by atoms with Crippen LogP contribution in [0.3, 0.4) is 0 Å². The van der Waals surface area contributed by atoms with Crippen LogP contribution in [0, 0.1) is 6.92 Å². The normalized spacial score (nSPS) is 16.8. The van der Waals surface area contributed by atoms with Crippen LogP contribution in [0.25, 0.3) is 5.65 Å². The summed E-state index contributed by atoms with van der Waals surface area (Å²) in [5.41, 5.74) is 0.761. The van der Waals surface area contributed by atoms with Crippen molar-refractivity contribution in [2.45, 2.75) is 19.9 Å². The summed E-state index contributed by atoms with van der Waals surface area (Å²) in [6.07, 6.45) is 2.69. The number of aryl methyl sites for hydroxylation is 1. The molecule has 0 saturated carbocycles. The third-order valence-corrected chi connectivity index (χ3v) is 3.99. The van der Waals surface area contributed by atoms with Gasteiger partial charge in [-0.1, -0.05) is 5.16 Å². The van der Waals surface area contributed by atoms with Crippen LogP contribution in [0.1, 0.15) is 18.1 Å². The Labute approximate surface area is 132 Å². The molecule has 0 aromatic carbocycles. The van der Waals surface area contributed by atoms with Gasteiger partial charge in [-0.25, -0.2) is 0 Å². The molecule has 0 N–H and O–H groups in total. The standard InChI is InChI=1S/C14H18N8O/c1-11-16-14(23-19-11)9-20-5-2-6-21(8-7-20)13-4-3-12-17-15-10-22(12)18-13/h3-4,10H,2,5-9H2,1H3. The number of nitrogens with zero attached hydrogens (tertiary/aromatic N) is 8. The lowest BCUT2D eigenvalue weighted by atomic mass is 10.3. The topological polar surface area (TPSA) is 88.5 Å². The Balaban J connectivity index is 1.44. The molecule has 9 nitrogen and oxygen atoms in total. The fraction of sp³-hybridized carbons (Fsp3) is 0.500. The van der Waals surface area contributed by atoms with Crippen molar-refractivity contribution in [3.05, 3.63) is 30.2 Å². The second kappa shape index (κ2) is 5.92. The fourth-order valence-electron chi connectivity index (χ4n) is 2.84. The van der Waals surface area contributed by atoms with E-state index in [4.69, 9.17) is 4.52 Å². The van der Waals surface area contributed by atoms with Crippen molar-refractivity contribution in [3.8, 4) is 0 Å². The number of anilines is 1. The minimum absolute atomic E-state index is 0.681. The van der Waals surface area contributed by atoms with E-state index in [-0.39, 0.29) is 0 Å². The summed E-state index contributed by atoms with van der Waals surface area (Å²) in [5, 5.41) is 16.3. The highest BCUT2D eigenvalue weighted by Crippen LogP contribution is 2.15. The molecule has 3 aromatic rings. The average Bonchev–Trinajstić information content (AvgIpc) is 3.11. The Morgan fingerprint density at radius 3 is 3.00 bits per heavy atom. The van der Waals surface area contributed by atoms with Crippen LogP contribution in [0.2, 0.25) is 0 Å². The van der Waals surface area contributed by atoms with Gasteiger partial charge in [-0.2, -0.15) is 9.50 Å². The van der Waals surface area contributed by atoms with E-state index in [2.05, 4.69) is 35.2 Å². The Bertz CT molecular complexity index is 797. The summed E-state index contributed by atoms with van der Waals surface area (Å²) < 4.78 is 6.92. The lowest BCUT2D eigenvalue weighted by molar-refractivity contribution is 0.239. The molecule has 1 fully saturated rings. The van der Waals surface area contributed by atoms with Crippen LogP contribution < -0.4 is 4.90 Å². The summed E-state index contributed by atoms with van der Waals surface area (Å²) in [6, 6.07) is 3.94. The Morgan fingerprint density at radius 2 is 2.13 bits per heavy atom. The molecule has 9 heteroatoms. The number of fused-ring (bicyclic) bond motifs is 1. The predicted molar refractivity (Wildman–Crippen MR) is 81.9 cm³/mol. The highest BCUT2D eigenvalue weighted by molar-refractivity contribution is 5.45. The van der Waals surface area contributed by atoms with Crippen molar-refractivity contribution >= 4 is 11.5 Å². The molecule has 0 radical (unpaired) electrons. The van der Waals surface area contributed by atoms with E-state index in [0.717, 1.165) is 44.1 Å². The molecule has 0 spiro atoms. The molecule has 0 bridgehead atoms.